The monoisotopic (exact) mass is 213 g/mol. The van der Waals surface area contributed by atoms with Gasteiger partial charge in [0.15, 0.2) is 0 Å². The van der Waals surface area contributed by atoms with Crippen LogP contribution in [0.15, 0.2) is 0 Å². The second kappa shape index (κ2) is 5.50. The van der Waals surface area contributed by atoms with Gasteiger partial charge in [-0.15, -0.1) is 0 Å². The van der Waals surface area contributed by atoms with E-state index in [9.17, 15) is 4.79 Å². The lowest BCUT2D eigenvalue weighted by Crippen LogP contribution is -2.53. The molecule has 1 aliphatic carbocycles. The molecule has 0 amide bonds. The number of nitrogens with one attached hydrogen (secondary N) is 1. The summed E-state index contributed by atoms with van der Waals surface area (Å²) in [6, 6.07) is 0.544. The van der Waals surface area contributed by atoms with Crippen molar-refractivity contribution in [3.63, 3.8) is 0 Å². The van der Waals surface area contributed by atoms with E-state index >= 15 is 0 Å². The average molecular weight is 213 g/mol. The second-order valence-corrected chi connectivity index (χ2v) is 4.49. The van der Waals surface area contributed by atoms with Gasteiger partial charge in [0.05, 0.1) is 7.11 Å². The maximum absolute atomic E-state index is 11.9. The number of esters is 1. The maximum atomic E-state index is 11.9. The van der Waals surface area contributed by atoms with Crippen LogP contribution in [0.25, 0.3) is 0 Å². The van der Waals surface area contributed by atoms with Crippen molar-refractivity contribution in [3.8, 4) is 0 Å². The molecule has 3 heteroatoms. The molecular weight excluding hydrogens is 190 g/mol. The molecule has 1 rings (SSSR count). The molecule has 1 N–H and O–H groups in total. The maximum Gasteiger partial charge on any atom is 0.326 e. The van der Waals surface area contributed by atoms with Crippen LogP contribution in [0.2, 0.25) is 0 Å². The number of rotatable bonds is 7. The molecule has 15 heavy (non-hydrogen) atoms. The lowest BCUT2D eigenvalue weighted by molar-refractivity contribution is -0.149. The minimum atomic E-state index is -0.417. The highest BCUT2D eigenvalue weighted by Gasteiger charge is 2.41. The van der Waals surface area contributed by atoms with Crippen molar-refractivity contribution in [2.24, 2.45) is 0 Å². The Kier molecular flexibility index (Phi) is 4.58. The van der Waals surface area contributed by atoms with Gasteiger partial charge in [0.2, 0.25) is 0 Å². The van der Waals surface area contributed by atoms with E-state index in [0.29, 0.717) is 6.04 Å². The zero-order chi connectivity index (χ0) is 11.3. The van der Waals surface area contributed by atoms with Gasteiger partial charge < -0.3 is 4.74 Å². The minimum absolute atomic E-state index is 0.0851. The molecule has 0 aromatic heterocycles. The normalized spacial score (nSPS) is 16.5. The van der Waals surface area contributed by atoms with Crippen LogP contribution in [0.3, 0.4) is 0 Å². The molecule has 0 bridgehead atoms. The highest BCUT2D eigenvalue weighted by molar-refractivity contribution is 5.80. The number of carbonyl (C=O) groups excluding carboxylic acids is 1. The fourth-order valence-corrected chi connectivity index (χ4v) is 2.20. The van der Waals surface area contributed by atoms with Gasteiger partial charge in [-0.2, -0.15) is 0 Å². The molecule has 0 spiro atoms. The predicted octanol–water partition coefficient (Wildman–Crippen LogP) is 2.25. The Morgan fingerprint density at radius 3 is 2.20 bits per heavy atom. The van der Waals surface area contributed by atoms with Gasteiger partial charge in [-0.25, -0.2) is 0 Å². The van der Waals surface area contributed by atoms with Crippen LogP contribution in [0.5, 0.6) is 0 Å². The first kappa shape index (κ1) is 12.5. The topological polar surface area (TPSA) is 38.3 Å². The standard InChI is InChI=1S/C12H23NO2/c1-4-8-12(9-5-2,11(14)15-3)13-10-6-7-10/h10,13H,4-9H2,1-3H3. The molecule has 1 aliphatic rings. The Labute approximate surface area is 92.6 Å². The fourth-order valence-electron chi connectivity index (χ4n) is 2.20. The lowest BCUT2D eigenvalue weighted by atomic mass is 9.88. The Balaban J connectivity index is 2.70. The summed E-state index contributed by atoms with van der Waals surface area (Å²) in [6.45, 7) is 4.23. The third-order valence-corrected chi connectivity index (χ3v) is 2.99. The van der Waals surface area contributed by atoms with Crippen LogP contribution in [0, 0.1) is 0 Å². The first-order chi connectivity index (χ1) is 7.18. The molecule has 0 unspecified atom stereocenters. The van der Waals surface area contributed by atoms with Crippen molar-refractivity contribution in [3.05, 3.63) is 0 Å². The molecule has 0 saturated heterocycles. The highest BCUT2D eigenvalue weighted by Crippen LogP contribution is 2.28. The molecule has 88 valence electrons. The summed E-state index contributed by atoms with van der Waals surface area (Å²) in [5, 5.41) is 3.48. The molecule has 1 fully saturated rings. The van der Waals surface area contributed by atoms with Crippen molar-refractivity contribution in [2.75, 3.05) is 7.11 Å². The third kappa shape index (κ3) is 3.20. The molecule has 0 aromatic carbocycles. The van der Waals surface area contributed by atoms with Crippen molar-refractivity contribution in [2.45, 2.75) is 64.0 Å². The van der Waals surface area contributed by atoms with E-state index in [0.717, 1.165) is 25.7 Å². The molecule has 3 nitrogen and oxygen atoms in total. The van der Waals surface area contributed by atoms with Gasteiger partial charge in [-0.1, -0.05) is 26.7 Å². The van der Waals surface area contributed by atoms with E-state index < -0.39 is 5.54 Å². The first-order valence-electron chi connectivity index (χ1n) is 6.04. The van der Waals surface area contributed by atoms with Crippen LogP contribution in [0.1, 0.15) is 52.4 Å². The molecule has 0 aliphatic heterocycles. The van der Waals surface area contributed by atoms with Gasteiger partial charge in [0.25, 0.3) is 0 Å². The van der Waals surface area contributed by atoms with E-state index in [1.54, 1.807) is 0 Å². The summed E-state index contributed by atoms with van der Waals surface area (Å²) in [4.78, 5) is 11.9. The van der Waals surface area contributed by atoms with E-state index in [2.05, 4.69) is 19.2 Å². The SMILES string of the molecule is CCCC(CCC)(NC1CC1)C(=O)OC. The fraction of sp³-hybridized carbons (Fsp3) is 0.917. The van der Waals surface area contributed by atoms with Crippen LogP contribution in [-0.2, 0) is 9.53 Å². The van der Waals surface area contributed by atoms with Crippen molar-refractivity contribution >= 4 is 5.97 Å². The smallest absolute Gasteiger partial charge is 0.326 e. The van der Waals surface area contributed by atoms with E-state index in [1.165, 1.54) is 20.0 Å². The predicted molar refractivity (Wildman–Crippen MR) is 60.7 cm³/mol. The van der Waals surface area contributed by atoms with Gasteiger partial charge in [0, 0.05) is 6.04 Å². The third-order valence-electron chi connectivity index (χ3n) is 2.99. The van der Waals surface area contributed by atoms with Gasteiger partial charge >= 0.3 is 5.97 Å². The Hall–Kier alpha value is -0.570. The van der Waals surface area contributed by atoms with Crippen molar-refractivity contribution in [1.29, 1.82) is 0 Å². The number of carbonyl (C=O) groups is 1. The van der Waals surface area contributed by atoms with E-state index in [-0.39, 0.29) is 5.97 Å². The number of ether oxygens (including phenoxy) is 1. The highest BCUT2D eigenvalue weighted by atomic mass is 16.5. The molecule has 0 radical (unpaired) electrons. The largest absolute Gasteiger partial charge is 0.468 e. The number of hydrogen-bond acceptors (Lipinski definition) is 3. The zero-order valence-corrected chi connectivity index (χ0v) is 10.1. The second-order valence-electron chi connectivity index (χ2n) is 4.49. The van der Waals surface area contributed by atoms with Crippen LogP contribution >= 0.6 is 0 Å². The Bertz CT molecular complexity index is 206. The van der Waals surface area contributed by atoms with Crippen molar-refractivity contribution < 1.29 is 9.53 Å². The molecule has 0 heterocycles. The summed E-state index contributed by atoms with van der Waals surface area (Å²) in [7, 11) is 1.48. The Morgan fingerprint density at radius 2 is 1.87 bits per heavy atom. The van der Waals surface area contributed by atoms with Crippen LogP contribution in [0.4, 0.5) is 0 Å². The van der Waals surface area contributed by atoms with Crippen LogP contribution in [-0.4, -0.2) is 24.7 Å². The Morgan fingerprint density at radius 1 is 1.33 bits per heavy atom. The summed E-state index contributed by atoms with van der Waals surface area (Å²) < 4.78 is 4.95. The van der Waals surface area contributed by atoms with Gasteiger partial charge in [-0.3, -0.25) is 10.1 Å². The first-order valence-corrected chi connectivity index (χ1v) is 6.04. The summed E-state index contributed by atoms with van der Waals surface area (Å²) in [5.74, 6) is -0.0851. The van der Waals surface area contributed by atoms with Gasteiger partial charge in [-0.05, 0) is 25.7 Å². The molecule has 0 aromatic rings. The van der Waals surface area contributed by atoms with Crippen molar-refractivity contribution in [1.82, 2.24) is 5.32 Å². The number of hydrogen-bond donors (Lipinski definition) is 1. The summed E-state index contributed by atoms with van der Waals surface area (Å²) >= 11 is 0. The molecular formula is C12H23NO2. The minimum Gasteiger partial charge on any atom is -0.468 e. The lowest BCUT2D eigenvalue weighted by Gasteiger charge is -2.31. The summed E-state index contributed by atoms with van der Waals surface area (Å²) in [5.41, 5.74) is -0.417. The van der Waals surface area contributed by atoms with Gasteiger partial charge in [0.1, 0.15) is 5.54 Å². The average Bonchev–Trinajstić information content (AvgIpc) is 3.01. The van der Waals surface area contributed by atoms with E-state index in [4.69, 9.17) is 4.74 Å². The zero-order valence-electron chi connectivity index (χ0n) is 10.1. The quantitative estimate of drug-likeness (QED) is 0.659. The van der Waals surface area contributed by atoms with E-state index in [1.807, 2.05) is 0 Å². The summed E-state index contributed by atoms with van der Waals surface area (Å²) in [6.07, 6.45) is 6.18. The number of methoxy groups -OCH3 is 1. The molecule has 1 saturated carbocycles. The van der Waals surface area contributed by atoms with Crippen LogP contribution < -0.4 is 5.32 Å². The molecule has 0 atom stereocenters.